The van der Waals surface area contributed by atoms with E-state index in [4.69, 9.17) is 9.47 Å². The van der Waals surface area contributed by atoms with Crippen LogP contribution in [0.25, 0.3) is 0 Å². The summed E-state index contributed by atoms with van der Waals surface area (Å²) in [5, 5.41) is 10.9. The predicted octanol–water partition coefficient (Wildman–Crippen LogP) is 2.98. The lowest BCUT2D eigenvalue weighted by Crippen LogP contribution is -2.54. The molecule has 22 heteroatoms. The predicted molar refractivity (Wildman–Crippen MR) is 226 cm³/mol. The van der Waals surface area contributed by atoms with Gasteiger partial charge in [0.25, 0.3) is 23.6 Å². The van der Waals surface area contributed by atoms with Crippen molar-refractivity contribution in [3.8, 4) is 5.75 Å². The molecule has 0 radical (unpaired) electrons. The summed E-state index contributed by atoms with van der Waals surface area (Å²) in [5.74, 6) is -9.17. The second-order valence-corrected chi connectivity index (χ2v) is 16.5. The molecule has 4 N–H and O–H groups in total. The van der Waals surface area contributed by atoms with E-state index < -0.39 is 65.8 Å². The maximum absolute atomic E-state index is 15.6. The quantitative estimate of drug-likeness (QED) is 0.135. The highest BCUT2D eigenvalue weighted by Gasteiger charge is 2.49. The largest absolute Gasteiger partial charge is 0.495 e. The fourth-order valence-electron chi connectivity index (χ4n) is 8.93. The van der Waals surface area contributed by atoms with Gasteiger partial charge in [-0.15, -0.1) is 0 Å². The number of nitrogens with zero attached hydrogens (tertiary/aromatic N) is 6. The minimum Gasteiger partial charge on any atom is -0.495 e. The number of alkyl halides is 2. The number of hydrogen-bond donors (Lipinski definition) is 4. The molecule has 4 aliphatic heterocycles. The van der Waals surface area contributed by atoms with Gasteiger partial charge in [0.1, 0.15) is 23.3 Å². The molecule has 3 aromatic rings. The summed E-state index contributed by atoms with van der Waals surface area (Å²) in [6.07, 6.45) is 4.78. The number of ether oxygens (including phenoxy) is 2. The Morgan fingerprint density at radius 3 is 2.54 bits per heavy atom. The number of rotatable bonds is 14. The summed E-state index contributed by atoms with van der Waals surface area (Å²) in [6.45, 7) is 0.147. The number of piperidine rings is 1. The summed E-state index contributed by atoms with van der Waals surface area (Å²) in [5.41, 5.74) is 0.481. The maximum atomic E-state index is 15.6. The Bertz CT molecular complexity index is 2450. The van der Waals surface area contributed by atoms with Gasteiger partial charge in [0.15, 0.2) is 5.82 Å². The summed E-state index contributed by atoms with van der Waals surface area (Å²) in [7, 11) is 2.56. The number of hydrogen-bond acceptors (Lipinski definition) is 14. The number of benzene rings is 2. The number of amides is 7. The molecule has 5 heterocycles. The van der Waals surface area contributed by atoms with Crippen molar-refractivity contribution in [2.24, 2.45) is 0 Å². The van der Waals surface area contributed by atoms with Crippen LogP contribution in [0.3, 0.4) is 0 Å². The molecule has 8 rings (SSSR count). The molecule has 2 aromatic carbocycles. The van der Waals surface area contributed by atoms with Crippen LogP contribution in [0.5, 0.6) is 5.75 Å². The van der Waals surface area contributed by atoms with E-state index in [2.05, 4.69) is 31.2 Å². The number of carbonyl (C=O) groups excluding carboxylic acids is 7. The number of aromatic nitrogens is 2. The first-order chi connectivity index (χ1) is 31.1. The van der Waals surface area contributed by atoms with Gasteiger partial charge in [-0.2, -0.15) is 13.8 Å². The van der Waals surface area contributed by atoms with Crippen LogP contribution in [0.4, 0.5) is 42.0 Å². The van der Waals surface area contributed by atoms with Crippen LogP contribution in [0.2, 0.25) is 0 Å². The highest BCUT2D eigenvalue weighted by atomic mass is 19.3. The molecule has 2 unspecified atom stereocenters. The number of likely N-dealkylation sites (tertiary alicyclic amines) is 1. The lowest BCUT2D eigenvalue weighted by atomic mass is 10.0. The molecular weight excluding hydrogens is 858 g/mol. The van der Waals surface area contributed by atoms with Gasteiger partial charge in [-0.05, 0) is 43.9 Å². The van der Waals surface area contributed by atoms with E-state index in [9.17, 15) is 33.6 Å². The van der Waals surface area contributed by atoms with Gasteiger partial charge in [0.2, 0.25) is 23.7 Å². The molecule has 2 saturated heterocycles. The standard InChI is InChI=1S/C43H47F3N10O9/c1-53-31-20-48-42(52-36(31)55(24-6-3-4-7-24)22-43(45,46)41(53)63)50-29-19-27(44)26(18-32(29)64-2)37(59)49-23-12-15-54(21-23)34(58)13-16-65-17-14-47-28-9-5-8-25-35(28)40(62)56(39(25)61)30-10-11-33(57)51-38(30)60/h5,8-9,18-20,23-24,30,47H,3-4,6-7,10-17,21-22H2,1-2H3,(H,49,59)(H,48,50,52)(H,51,57,60). The Morgan fingerprint density at radius 1 is 1.00 bits per heavy atom. The molecule has 5 aliphatic rings. The smallest absolute Gasteiger partial charge is 0.342 e. The van der Waals surface area contributed by atoms with Crippen LogP contribution in [-0.2, 0) is 23.9 Å². The van der Waals surface area contributed by atoms with Crippen molar-refractivity contribution in [2.75, 3.05) is 74.0 Å². The fourth-order valence-corrected chi connectivity index (χ4v) is 8.93. The van der Waals surface area contributed by atoms with E-state index in [1.807, 2.05) is 0 Å². The van der Waals surface area contributed by atoms with Crippen molar-refractivity contribution in [1.82, 2.24) is 30.4 Å². The molecule has 0 bridgehead atoms. The van der Waals surface area contributed by atoms with Crippen molar-refractivity contribution in [2.45, 2.75) is 75.4 Å². The lowest BCUT2D eigenvalue weighted by molar-refractivity contribution is -0.140. The van der Waals surface area contributed by atoms with Gasteiger partial charge in [0, 0.05) is 56.9 Å². The highest BCUT2D eigenvalue weighted by molar-refractivity contribution is 6.25. The number of imide groups is 2. The van der Waals surface area contributed by atoms with Crippen LogP contribution < -0.4 is 35.8 Å². The third-order valence-electron chi connectivity index (χ3n) is 12.3. The first kappa shape index (κ1) is 44.8. The summed E-state index contributed by atoms with van der Waals surface area (Å²) < 4.78 is 56.8. The van der Waals surface area contributed by atoms with Gasteiger partial charge < -0.3 is 40.1 Å². The third-order valence-corrected chi connectivity index (χ3v) is 12.3. The molecule has 2 atom stereocenters. The molecule has 7 amide bonds. The van der Waals surface area contributed by atoms with Gasteiger partial charge in [0.05, 0.1) is 61.9 Å². The number of halogens is 3. The van der Waals surface area contributed by atoms with Crippen molar-refractivity contribution in [3.05, 3.63) is 59.0 Å². The third kappa shape index (κ3) is 8.98. The Kier molecular flexibility index (Phi) is 12.6. The number of nitrogens with one attached hydrogen (secondary N) is 4. The molecule has 1 aliphatic carbocycles. The first-order valence-corrected chi connectivity index (χ1v) is 21.3. The highest BCUT2D eigenvalue weighted by Crippen LogP contribution is 2.40. The van der Waals surface area contributed by atoms with Crippen molar-refractivity contribution in [1.29, 1.82) is 0 Å². The Morgan fingerprint density at radius 2 is 1.78 bits per heavy atom. The van der Waals surface area contributed by atoms with E-state index in [0.717, 1.165) is 28.7 Å². The second-order valence-electron chi connectivity index (χ2n) is 16.5. The Labute approximate surface area is 370 Å². The average Bonchev–Trinajstić information content (AvgIpc) is 4.04. The second kappa shape index (κ2) is 18.3. The minimum absolute atomic E-state index is 0.00918. The molecular formula is C43H47F3N10O9. The molecule has 1 aromatic heterocycles. The van der Waals surface area contributed by atoms with Gasteiger partial charge >= 0.3 is 5.92 Å². The van der Waals surface area contributed by atoms with Crippen molar-refractivity contribution in [3.63, 3.8) is 0 Å². The summed E-state index contributed by atoms with van der Waals surface area (Å²) >= 11 is 0. The van der Waals surface area contributed by atoms with E-state index in [1.54, 1.807) is 17.0 Å². The average molecular weight is 905 g/mol. The van der Waals surface area contributed by atoms with Crippen molar-refractivity contribution < 1.29 is 56.2 Å². The SMILES string of the molecule is COc1cc(C(=O)NC2CCN(C(=O)CCOCCNc3cccc4c3C(=O)N(C3CCC(=O)NC3=O)C4=O)C2)c(F)cc1Nc1ncc2c(n1)N(C1CCCC1)CC(F)(F)C(=O)N2C. The van der Waals surface area contributed by atoms with E-state index >= 15 is 13.2 Å². The maximum Gasteiger partial charge on any atom is 0.342 e. The Hall–Kier alpha value is -6.84. The zero-order valence-corrected chi connectivity index (χ0v) is 35.6. The first-order valence-electron chi connectivity index (χ1n) is 21.3. The minimum atomic E-state index is -3.66. The number of anilines is 5. The molecule has 1 saturated carbocycles. The fraction of sp³-hybridized carbons (Fsp3) is 0.465. The number of carbonyl (C=O) groups is 7. The normalized spacial score (nSPS) is 20.7. The van der Waals surface area contributed by atoms with Crippen LogP contribution in [0, 0.1) is 5.82 Å². The van der Waals surface area contributed by atoms with Crippen molar-refractivity contribution >= 4 is 70.2 Å². The molecule has 3 fully saturated rings. The van der Waals surface area contributed by atoms with Gasteiger partial charge in [-0.3, -0.25) is 43.8 Å². The van der Waals surface area contributed by atoms with Gasteiger partial charge in [-0.1, -0.05) is 18.9 Å². The van der Waals surface area contributed by atoms with Crippen LogP contribution in [0.1, 0.15) is 82.4 Å². The molecule has 0 spiro atoms. The topological polar surface area (TPSA) is 225 Å². The molecule has 65 heavy (non-hydrogen) atoms. The zero-order chi connectivity index (χ0) is 46.2. The van der Waals surface area contributed by atoms with Crippen LogP contribution in [0.15, 0.2) is 36.5 Å². The van der Waals surface area contributed by atoms with E-state index in [-0.39, 0.29) is 103 Å². The zero-order valence-electron chi connectivity index (χ0n) is 35.6. The molecule has 19 nitrogen and oxygen atoms in total. The van der Waals surface area contributed by atoms with Crippen LogP contribution in [-0.4, -0.2) is 139 Å². The Balaban J connectivity index is 0.814. The van der Waals surface area contributed by atoms with E-state index in [1.165, 1.54) is 37.4 Å². The number of fused-ring (bicyclic) bond motifs is 2. The van der Waals surface area contributed by atoms with Gasteiger partial charge in [-0.25, -0.2) is 9.37 Å². The summed E-state index contributed by atoms with van der Waals surface area (Å²) in [6, 6.07) is 5.15. The van der Waals surface area contributed by atoms with Crippen LogP contribution >= 0.6 is 0 Å². The van der Waals surface area contributed by atoms with E-state index in [0.29, 0.717) is 31.5 Å². The lowest BCUT2D eigenvalue weighted by Gasteiger charge is -2.31. The summed E-state index contributed by atoms with van der Waals surface area (Å²) in [4.78, 5) is 103. The molecule has 344 valence electrons. The number of methoxy groups -OCH3 is 1. The monoisotopic (exact) mass is 904 g/mol.